The zero-order valence-corrected chi connectivity index (χ0v) is 21.5. The molecule has 1 aliphatic carbocycles. The van der Waals surface area contributed by atoms with Gasteiger partial charge >= 0.3 is 0 Å². The summed E-state index contributed by atoms with van der Waals surface area (Å²) in [6, 6.07) is 17.8. The Kier molecular flexibility index (Phi) is 6.81. The van der Waals surface area contributed by atoms with Crippen LogP contribution in [0.1, 0.15) is 39.7 Å². The maximum absolute atomic E-state index is 12.7. The monoisotopic (exact) mass is 537 g/mol. The largest absolute Gasteiger partial charge is 0.365 e. The first kappa shape index (κ1) is 22.6. The minimum absolute atomic E-state index is 0.0780. The van der Waals surface area contributed by atoms with Gasteiger partial charge in [0.25, 0.3) is 0 Å². The number of thiophene rings is 1. The zero-order chi connectivity index (χ0) is 22.8. The van der Waals surface area contributed by atoms with E-state index in [4.69, 9.17) is 9.97 Å². The summed E-state index contributed by atoms with van der Waals surface area (Å²) < 4.78 is 0.964. The van der Waals surface area contributed by atoms with Crippen molar-refractivity contribution >= 4 is 60.8 Å². The van der Waals surface area contributed by atoms with Gasteiger partial charge in [0.05, 0.1) is 11.1 Å². The molecule has 0 saturated heterocycles. The van der Waals surface area contributed by atoms with E-state index in [1.54, 1.807) is 11.3 Å². The third-order valence-corrected chi connectivity index (χ3v) is 8.46. The van der Waals surface area contributed by atoms with Crippen LogP contribution in [-0.4, -0.2) is 21.5 Å². The van der Waals surface area contributed by atoms with Crippen LogP contribution < -0.4 is 5.32 Å². The molecular formula is C26H24BrN3OS2. The molecule has 33 heavy (non-hydrogen) atoms. The van der Waals surface area contributed by atoms with Crippen LogP contribution in [0.3, 0.4) is 0 Å². The number of nitrogens with one attached hydrogen (secondary N) is 1. The first-order valence-corrected chi connectivity index (χ1v) is 13.7. The molecule has 0 unspecified atom stereocenters. The van der Waals surface area contributed by atoms with E-state index in [1.807, 2.05) is 30.3 Å². The summed E-state index contributed by atoms with van der Waals surface area (Å²) in [6.45, 7) is 3.03. The lowest BCUT2D eigenvalue weighted by atomic mass is 9.89. The highest BCUT2D eigenvalue weighted by molar-refractivity contribution is 9.10. The number of rotatable bonds is 7. The molecule has 168 valence electrons. The number of thioether (sulfide) groups is 1. The van der Waals surface area contributed by atoms with Gasteiger partial charge in [0.15, 0.2) is 10.9 Å². The molecule has 0 radical (unpaired) electrons. The molecule has 2 heterocycles. The van der Waals surface area contributed by atoms with Crippen LogP contribution >= 0.6 is 39.0 Å². The van der Waals surface area contributed by atoms with E-state index in [9.17, 15) is 4.79 Å². The van der Waals surface area contributed by atoms with Gasteiger partial charge in [-0.05, 0) is 48.4 Å². The van der Waals surface area contributed by atoms with Gasteiger partial charge in [0, 0.05) is 21.5 Å². The SMILES string of the molecule is C[C@@H]1CCc2c(sc3nc(SCC(=O)c4ccc(Br)cc4)nc(NCc4ccccc4)c23)C1. The molecule has 0 saturated carbocycles. The smallest absolute Gasteiger partial charge is 0.191 e. The van der Waals surface area contributed by atoms with Gasteiger partial charge in [-0.15, -0.1) is 11.3 Å². The average Bonchev–Trinajstić information content (AvgIpc) is 3.19. The van der Waals surface area contributed by atoms with Crippen molar-refractivity contribution in [2.75, 3.05) is 11.1 Å². The summed E-state index contributed by atoms with van der Waals surface area (Å²) in [5.41, 5.74) is 3.32. The van der Waals surface area contributed by atoms with Crippen LogP contribution in [0.4, 0.5) is 5.82 Å². The molecule has 2 aromatic heterocycles. The molecule has 4 nitrogen and oxygen atoms in total. The highest BCUT2D eigenvalue weighted by Crippen LogP contribution is 2.41. The second kappa shape index (κ2) is 9.95. The molecule has 1 N–H and O–H groups in total. The van der Waals surface area contributed by atoms with Crippen LogP contribution in [0, 0.1) is 5.92 Å². The number of carbonyl (C=O) groups excluding carboxylic acids is 1. The van der Waals surface area contributed by atoms with Crippen LogP contribution in [0.2, 0.25) is 0 Å². The summed E-state index contributed by atoms with van der Waals surface area (Å²) >= 11 is 6.62. The fourth-order valence-electron chi connectivity index (χ4n) is 4.15. The number of hydrogen-bond donors (Lipinski definition) is 1. The second-order valence-corrected chi connectivity index (χ2v) is 11.4. The molecular weight excluding hydrogens is 514 g/mol. The van der Waals surface area contributed by atoms with Gasteiger partial charge < -0.3 is 5.32 Å². The average molecular weight is 539 g/mol. The standard InChI is InChI=1S/C26H24BrN3OS2/c1-16-7-12-20-22(13-16)33-25-23(20)24(28-14-17-5-3-2-4-6-17)29-26(30-25)32-15-21(31)18-8-10-19(27)11-9-18/h2-6,8-11,16H,7,12-15H2,1H3,(H,28,29,30)/t16-/m1/s1. The van der Waals surface area contributed by atoms with Crippen molar-refractivity contribution in [3.63, 3.8) is 0 Å². The van der Waals surface area contributed by atoms with Gasteiger partial charge in [-0.2, -0.15) is 0 Å². The Morgan fingerprint density at radius 1 is 1.15 bits per heavy atom. The normalized spacial score (nSPS) is 15.4. The van der Waals surface area contributed by atoms with Crippen LogP contribution in [0.15, 0.2) is 64.2 Å². The molecule has 0 spiro atoms. The number of aryl methyl sites for hydroxylation is 1. The number of aromatic nitrogens is 2. The highest BCUT2D eigenvalue weighted by atomic mass is 79.9. The molecule has 7 heteroatoms. The van der Waals surface area contributed by atoms with Crippen molar-refractivity contribution < 1.29 is 4.79 Å². The topological polar surface area (TPSA) is 54.9 Å². The van der Waals surface area contributed by atoms with Gasteiger partial charge in [-0.1, -0.05) is 77.1 Å². The summed E-state index contributed by atoms with van der Waals surface area (Å²) in [5, 5.41) is 5.39. The van der Waals surface area contributed by atoms with E-state index in [2.05, 4.69) is 52.4 Å². The Hall–Kier alpha value is -2.22. The maximum atomic E-state index is 12.7. The van der Waals surface area contributed by atoms with Gasteiger partial charge in [-0.25, -0.2) is 9.97 Å². The molecule has 0 amide bonds. The number of carbonyl (C=O) groups is 1. The van der Waals surface area contributed by atoms with E-state index in [1.165, 1.54) is 39.6 Å². The summed E-state index contributed by atoms with van der Waals surface area (Å²) in [7, 11) is 0. The maximum Gasteiger partial charge on any atom is 0.191 e. The summed E-state index contributed by atoms with van der Waals surface area (Å²) in [6.07, 6.45) is 3.39. The number of benzene rings is 2. The fourth-order valence-corrected chi connectivity index (χ4v) is 6.59. The Labute approximate surface area is 210 Å². The third kappa shape index (κ3) is 5.15. The van der Waals surface area contributed by atoms with E-state index in [-0.39, 0.29) is 5.78 Å². The Morgan fingerprint density at radius 2 is 1.94 bits per heavy atom. The summed E-state index contributed by atoms with van der Waals surface area (Å²) in [5.74, 6) is 1.98. The molecule has 0 aliphatic heterocycles. The number of halogens is 1. The van der Waals surface area contributed by atoms with Crippen molar-refractivity contribution in [1.29, 1.82) is 0 Å². The molecule has 0 bridgehead atoms. The lowest BCUT2D eigenvalue weighted by Crippen LogP contribution is -2.10. The van der Waals surface area contributed by atoms with Crippen molar-refractivity contribution in [3.8, 4) is 0 Å². The Balaban J connectivity index is 1.43. The van der Waals surface area contributed by atoms with Gasteiger partial charge in [0.1, 0.15) is 10.6 Å². The van der Waals surface area contributed by atoms with Gasteiger partial charge in [-0.3, -0.25) is 4.79 Å². The molecule has 2 aromatic carbocycles. The lowest BCUT2D eigenvalue weighted by molar-refractivity contribution is 0.102. The number of hydrogen-bond acceptors (Lipinski definition) is 6. The molecule has 1 atom stereocenters. The van der Waals surface area contributed by atoms with Crippen molar-refractivity contribution in [2.45, 2.75) is 37.9 Å². The van der Waals surface area contributed by atoms with Crippen molar-refractivity contribution in [3.05, 3.63) is 80.6 Å². The van der Waals surface area contributed by atoms with Crippen LogP contribution in [0.5, 0.6) is 0 Å². The third-order valence-electron chi connectivity index (χ3n) is 5.94. The number of ketones is 1. The first-order chi connectivity index (χ1) is 16.1. The fraction of sp³-hybridized carbons (Fsp3) is 0.269. The lowest BCUT2D eigenvalue weighted by Gasteiger charge is -2.18. The van der Waals surface area contributed by atoms with Crippen molar-refractivity contribution in [2.24, 2.45) is 5.92 Å². The minimum atomic E-state index is 0.0780. The number of fused-ring (bicyclic) bond motifs is 3. The highest BCUT2D eigenvalue weighted by Gasteiger charge is 2.24. The van der Waals surface area contributed by atoms with E-state index < -0.39 is 0 Å². The second-order valence-electron chi connectivity index (χ2n) is 8.44. The van der Waals surface area contributed by atoms with E-state index in [0.717, 1.165) is 28.0 Å². The van der Waals surface area contributed by atoms with Crippen molar-refractivity contribution in [1.82, 2.24) is 9.97 Å². The zero-order valence-electron chi connectivity index (χ0n) is 18.3. The van der Waals surface area contributed by atoms with Gasteiger partial charge in [0.2, 0.25) is 0 Å². The first-order valence-electron chi connectivity index (χ1n) is 11.1. The molecule has 1 aliphatic rings. The Morgan fingerprint density at radius 3 is 2.73 bits per heavy atom. The molecule has 4 aromatic rings. The van der Waals surface area contributed by atoms with Crippen LogP contribution in [-0.2, 0) is 19.4 Å². The molecule has 0 fully saturated rings. The van der Waals surface area contributed by atoms with Crippen LogP contribution in [0.25, 0.3) is 10.2 Å². The Bertz CT molecular complexity index is 1290. The predicted octanol–water partition coefficient (Wildman–Crippen LogP) is 7.17. The minimum Gasteiger partial charge on any atom is -0.365 e. The molecule has 5 rings (SSSR count). The quantitative estimate of drug-likeness (QED) is 0.154. The number of anilines is 1. The number of nitrogens with zero attached hydrogens (tertiary/aromatic N) is 2. The number of Topliss-reactive ketones (excluding diaryl/α,β-unsaturated/α-hetero) is 1. The van der Waals surface area contributed by atoms with E-state index >= 15 is 0 Å². The summed E-state index contributed by atoms with van der Waals surface area (Å²) in [4.78, 5) is 24.9. The predicted molar refractivity (Wildman–Crippen MR) is 142 cm³/mol. The van der Waals surface area contributed by atoms with E-state index in [0.29, 0.717) is 28.9 Å².